The molecule has 2 amide bonds. The van der Waals surface area contributed by atoms with Crippen LogP contribution in [-0.4, -0.2) is 18.4 Å². The van der Waals surface area contributed by atoms with Gasteiger partial charge in [-0.05, 0) is 71.2 Å². The third kappa shape index (κ3) is 4.81. The van der Waals surface area contributed by atoms with Crippen molar-refractivity contribution >= 4 is 33.4 Å². The molecule has 0 aliphatic carbocycles. The summed E-state index contributed by atoms with van der Waals surface area (Å²) in [7, 11) is 0. The number of nitrogens with one attached hydrogen (secondary N) is 2. The number of aryl methyl sites for hydroxylation is 2. The molecule has 0 aliphatic rings. The summed E-state index contributed by atoms with van der Waals surface area (Å²) in [5.74, 6) is 4.87. The summed E-state index contributed by atoms with van der Waals surface area (Å²) >= 11 is 3.30. The van der Waals surface area contributed by atoms with Gasteiger partial charge < -0.3 is 10.1 Å². The average Bonchev–Trinajstić information content (AvgIpc) is 2.51. The van der Waals surface area contributed by atoms with E-state index in [9.17, 15) is 9.59 Å². The Morgan fingerprint density at radius 1 is 1.12 bits per heavy atom. The predicted molar refractivity (Wildman–Crippen MR) is 95.8 cm³/mol. The quantitative estimate of drug-likeness (QED) is 0.414. The molecule has 126 valence electrons. The van der Waals surface area contributed by atoms with Crippen molar-refractivity contribution < 1.29 is 14.3 Å². The highest BCUT2D eigenvalue weighted by Gasteiger charge is 2.10. The topological polar surface area (TPSA) is 93.4 Å². The zero-order valence-corrected chi connectivity index (χ0v) is 14.9. The molecule has 6 nitrogen and oxygen atoms in total. The fourth-order valence-electron chi connectivity index (χ4n) is 2.23. The molecule has 2 rings (SSSR count). The second-order valence-corrected chi connectivity index (χ2v) is 6.19. The van der Waals surface area contributed by atoms with E-state index >= 15 is 0 Å². The minimum absolute atomic E-state index is 0.145. The second-order valence-electron chi connectivity index (χ2n) is 5.33. The zero-order chi connectivity index (χ0) is 17.7. The van der Waals surface area contributed by atoms with Gasteiger partial charge in [0, 0.05) is 11.3 Å². The molecule has 0 aromatic heterocycles. The van der Waals surface area contributed by atoms with Crippen LogP contribution in [0.25, 0.3) is 0 Å². The number of rotatable bonds is 5. The van der Waals surface area contributed by atoms with Crippen molar-refractivity contribution in [1.82, 2.24) is 5.43 Å². The fraction of sp³-hybridized carbons (Fsp3) is 0.176. The normalized spacial score (nSPS) is 10.2. The summed E-state index contributed by atoms with van der Waals surface area (Å²) in [4.78, 5) is 23.4. The molecular weight excluding hydrogens is 374 g/mol. The minimum Gasteiger partial charge on any atom is -0.483 e. The molecule has 2 aromatic rings. The molecule has 24 heavy (non-hydrogen) atoms. The molecule has 2 aromatic carbocycles. The molecule has 0 heterocycles. The number of anilines is 1. The van der Waals surface area contributed by atoms with Crippen LogP contribution >= 0.6 is 15.9 Å². The van der Waals surface area contributed by atoms with Crippen molar-refractivity contribution in [3.05, 3.63) is 57.6 Å². The summed E-state index contributed by atoms with van der Waals surface area (Å²) in [6, 6.07) is 10.5. The number of hydrazine groups is 1. The number of benzene rings is 2. The second kappa shape index (κ2) is 7.94. The Hall–Kier alpha value is -2.38. The Bertz CT molecular complexity index is 757. The van der Waals surface area contributed by atoms with E-state index in [-0.39, 0.29) is 12.5 Å². The molecule has 0 bridgehead atoms. The van der Waals surface area contributed by atoms with Crippen molar-refractivity contribution in [2.24, 2.45) is 5.84 Å². The summed E-state index contributed by atoms with van der Waals surface area (Å²) in [5, 5.41) is 2.79. The van der Waals surface area contributed by atoms with Gasteiger partial charge >= 0.3 is 0 Å². The van der Waals surface area contributed by atoms with Gasteiger partial charge in [0.2, 0.25) is 0 Å². The van der Waals surface area contributed by atoms with Crippen LogP contribution in [0.1, 0.15) is 21.5 Å². The van der Waals surface area contributed by atoms with Crippen molar-refractivity contribution in [1.29, 1.82) is 0 Å². The smallest absolute Gasteiger partial charge is 0.265 e. The number of hydrogen-bond donors (Lipinski definition) is 3. The number of ether oxygens (including phenoxy) is 1. The van der Waals surface area contributed by atoms with Crippen LogP contribution in [0.3, 0.4) is 0 Å². The molecule has 0 fully saturated rings. The Morgan fingerprint density at radius 2 is 1.79 bits per heavy atom. The molecule has 0 aliphatic heterocycles. The average molecular weight is 392 g/mol. The van der Waals surface area contributed by atoms with Gasteiger partial charge in [-0.2, -0.15) is 0 Å². The van der Waals surface area contributed by atoms with Crippen LogP contribution < -0.4 is 21.3 Å². The van der Waals surface area contributed by atoms with E-state index in [2.05, 4.69) is 21.2 Å². The lowest BCUT2D eigenvalue weighted by atomic mass is 10.1. The van der Waals surface area contributed by atoms with Crippen molar-refractivity contribution in [3.8, 4) is 5.75 Å². The molecule has 0 saturated heterocycles. The molecule has 0 saturated carbocycles. The Balaban J connectivity index is 1.97. The Morgan fingerprint density at radius 3 is 2.38 bits per heavy atom. The van der Waals surface area contributed by atoms with E-state index < -0.39 is 5.91 Å². The van der Waals surface area contributed by atoms with Gasteiger partial charge in [0.25, 0.3) is 11.8 Å². The number of carbonyl (C=O) groups is 2. The molecule has 7 heteroatoms. The van der Waals surface area contributed by atoms with Gasteiger partial charge in [0.15, 0.2) is 6.61 Å². The molecule has 0 radical (unpaired) electrons. The SMILES string of the molecule is Cc1cc(C)cc(NC(=O)COc2ccc(C(=O)NN)cc2Br)c1. The molecule has 0 spiro atoms. The van der Waals surface area contributed by atoms with Gasteiger partial charge in [-0.15, -0.1) is 0 Å². The molecular formula is C17H18BrN3O3. The monoisotopic (exact) mass is 391 g/mol. The first-order chi connectivity index (χ1) is 11.4. The molecule has 0 unspecified atom stereocenters. The van der Waals surface area contributed by atoms with E-state index in [1.54, 1.807) is 18.2 Å². The number of amides is 2. The van der Waals surface area contributed by atoms with Crippen molar-refractivity contribution in [3.63, 3.8) is 0 Å². The van der Waals surface area contributed by atoms with E-state index in [1.807, 2.05) is 37.5 Å². The first-order valence-electron chi connectivity index (χ1n) is 7.20. The minimum atomic E-state index is -0.408. The standard InChI is InChI=1S/C17H18BrN3O3/c1-10-5-11(2)7-13(6-10)20-16(22)9-24-15-4-3-12(8-14(15)18)17(23)21-19/h3-8H,9,19H2,1-2H3,(H,20,22)(H,21,23). The zero-order valence-electron chi connectivity index (χ0n) is 13.4. The first kappa shape index (κ1) is 18.0. The van der Waals surface area contributed by atoms with Crippen LogP contribution in [0.2, 0.25) is 0 Å². The van der Waals surface area contributed by atoms with E-state index in [0.717, 1.165) is 16.8 Å². The van der Waals surface area contributed by atoms with Crippen LogP contribution in [0.4, 0.5) is 5.69 Å². The first-order valence-corrected chi connectivity index (χ1v) is 8.00. The maximum atomic E-state index is 12.0. The maximum absolute atomic E-state index is 12.0. The van der Waals surface area contributed by atoms with E-state index in [4.69, 9.17) is 10.6 Å². The number of halogens is 1. The van der Waals surface area contributed by atoms with Crippen molar-refractivity contribution in [2.45, 2.75) is 13.8 Å². The summed E-state index contributed by atoms with van der Waals surface area (Å²) in [6.45, 7) is 3.79. The number of nitrogen functional groups attached to an aromatic ring is 1. The van der Waals surface area contributed by atoms with E-state index in [0.29, 0.717) is 15.8 Å². The van der Waals surface area contributed by atoms with E-state index in [1.165, 1.54) is 0 Å². The maximum Gasteiger partial charge on any atom is 0.265 e. The number of nitrogens with two attached hydrogens (primary N) is 1. The lowest BCUT2D eigenvalue weighted by Crippen LogP contribution is -2.29. The molecule has 0 atom stereocenters. The predicted octanol–water partition coefficient (Wildman–Crippen LogP) is 2.69. The third-order valence-corrected chi connectivity index (χ3v) is 3.81. The Labute approximate surface area is 148 Å². The number of hydrogen-bond acceptors (Lipinski definition) is 4. The lowest BCUT2D eigenvalue weighted by molar-refractivity contribution is -0.118. The lowest BCUT2D eigenvalue weighted by Gasteiger charge is -2.11. The highest BCUT2D eigenvalue weighted by Crippen LogP contribution is 2.26. The summed E-state index contributed by atoms with van der Waals surface area (Å²) in [5.41, 5.74) is 5.31. The van der Waals surface area contributed by atoms with Crippen LogP contribution in [0.5, 0.6) is 5.75 Å². The van der Waals surface area contributed by atoms with Crippen LogP contribution in [0.15, 0.2) is 40.9 Å². The van der Waals surface area contributed by atoms with Gasteiger partial charge in [0.05, 0.1) is 4.47 Å². The number of carbonyl (C=O) groups excluding carboxylic acids is 2. The molecule has 4 N–H and O–H groups in total. The highest BCUT2D eigenvalue weighted by atomic mass is 79.9. The van der Waals surface area contributed by atoms with Crippen molar-refractivity contribution in [2.75, 3.05) is 11.9 Å². The largest absolute Gasteiger partial charge is 0.483 e. The van der Waals surface area contributed by atoms with Crippen LogP contribution in [0, 0.1) is 13.8 Å². The van der Waals surface area contributed by atoms with Crippen LogP contribution in [-0.2, 0) is 4.79 Å². The summed E-state index contributed by atoms with van der Waals surface area (Å²) < 4.78 is 6.04. The van der Waals surface area contributed by atoms with Gasteiger partial charge in [-0.1, -0.05) is 6.07 Å². The highest BCUT2D eigenvalue weighted by molar-refractivity contribution is 9.10. The summed E-state index contributed by atoms with van der Waals surface area (Å²) in [6.07, 6.45) is 0. The van der Waals surface area contributed by atoms with Gasteiger partial charge in [-0.25, -0.2) is 5.84 Å². The Kier molecular flexibility index (Phi) is 5.94. The van der Waals surface area contributed by atoms with Gasteiger partial charge in [0.1, 0.15) is 5.75 Å². The van der Waals surface area contributed by atoms with Gasteiger partial charge in [-0.3, -0.25) is 15.0 Å². The third-order valence-electron chi connectivity index (χ3n) is 3.19. The fourth-order valence-corrected chi connectivity index (χ4v) is 2.72.